The van der Waals surface area contributed by atoms with Crippen LogP contribution in [0.3, 0.4) is 0 Å². The molecule has 0 amide bonds. The highest BCUT2D eigenvalue weighted by atomic mass is 35.5. The lowest BCUT2D eigenvalue weighted by Crippen LogP contribution is -2.22. The van der Waals surface area contributed by atoms with Gasteiger partial charge < -0.3 is 4.90 Å². The molecule has 1 aliphatic carbocycles. The summed E-state index contributed by atoms with van der Waals surface area (Å²) in [5, 5.41) is 4.68. The highest BCUT2D eigenvalue weighted by Crippen LogP contribution is 2.49. The smallest absolute Gasteiger partial charge is 0.252 e. The van der Waals surface area contributed by atoms with Crippen LogP contribution in [0.5, 0.6) is 0 Å². The van der Waals surface area contributed by atoms with E-state index in [0.29, 0.717) is 23.9 Å². The summed E-state index contributed by atoms with van der Waals surface area (Å²) in [5.41, 5.74) is 2.33. The van der Waals surface area contributed by atoms with Gasteiger partial charge in [0, 0.05) is 42.3 Å². The van der Waals surface area contributed by atoms with Crippen LogP contribution in [-0.4, -0.2) is 38.7 Å². The van der Waals surface area contributed by atoms with E-state index < -0.39 is 22.5 Å². The molecule has 3 rings (SSSR count). The van der Waals surface area contributed by atoms with Gasteiger partial charge in [-0.25, -0.2) is 13.5 Å². The van der Waals surface area contributed by atoms with Crippen LogP contribution >= 0.6 is 11.6 Å². The second-order valence-electron chi connectivity index (χ2n) is 6.55. The predicted molar refractivity (Wildman–Crippen MR) is 106 cm³/mol. The molecule has 1 fully saturated rings. The van der Waals surface area contributed by atoms with Gasteiger partial charge in [-0.05, 0) is 25.5 Å². The summed E-state index contributed by atoms with van der Waals surface area (Å²) in [6, 6.07) is 3.70. The second kappa shape index (κ2) is 8.06. The third kappa shape index (κ3) is 4.73. The van der Waals surface area contributed by atoms with Gasteiger partial charge in [-0.2, -0.15) is 5.10 Å². The predicted octanol–water partition coefficient (Wildman–Crippen LogP) is 4.69. The number of pyridine rings is 1. The average Bonchev–Trinajstić information content (AvgIpc) is 3.05. The van der Waals surface area contributed by atoms with Gasteiger partial charge in [-0.3, -0.25) is 9.76 Å². The van der Waals surface area contributed by atoms with Gasteiger partial charge in [0.1, 0.15) is 0 Å². The minimum atomic E-state index is -2.55. The molecule has 2 unspecified atom stereocenters. The number of nitrogens with one attached hydrogen (secondary N) is 1. The molecule has 146 valence electrons. The van der Waals surface area contributed by atoms with Crippen molar-refractivity contribution < 1.29 is 8.78 Å². The summed E-state index contributed by atoms with van der Waals surface area (Å²) >= 11 is 6.33. The van der Waals surface area contributed by atoms with E-state index in [0.717, 1.165) is 17.1 Å². The molecule has 5 nitrogen and oxygen atoms in total. The van der Waals surface area contributed by atoms with E-state index in [9.17, 15) is 8.78 Å². The number of hydrogen-bond acceptors (Lipinski definition) is 4. The van der Waals surface area contributed by atoms with Crippen LogP contribution in [0.25, 0.3) is 5.69 Å². The molecule has 0 bridgehead atoms. The Kier molecular flexibility index (Phi) is 5.95. The van der Waals surface area contributed by atoms with E-state index >= 15 is 0 Å². The van der Waals surface area contributed by atoms with E-state index in [1.54, 1.807) is 17.1 Å². The first-order valence-corrected chi connectivity index (χ1v) is 10.6. The lowest BCUT2D eigenvalue weighted by Gasteiger charge is -2.24. The molecule has 27 heavy (non-hydrogen) atoms. The monoisotopic (exact) mass is 413 g/mol. The van der Waals surface area contributed by atoms with Crippen LogP contribution in [0, 0.1) is 10.7 Å². The Morgan fingerprint density at radius 2 is 2.30 bits per heavy atom. The van der Waals surface area contributed by atoms with Crippen LogP contribution in [0.15, 0.2) is 43.0 Å². The summed E-state index contributed by atoms with van der Waals surface area (Å²) in [6.45, 7) is 6.73. The maximum absolute atomic E-state index is 13.0. The fourth-order valence-electron chi connectivity index (χ4n) is 2.86. The van der Waals surface area contributed by atoms with Crippen LogP contribution < -0.4 is 4.90 Å². The lowest BCUT2D eigenvalue weighted by atomic mass is 10.3. The van der Waals surface area contributed by atoms with Gasteiger partial charge in [0.15, 0.2) is 5.15 Å². The Morgan fingerprint density at radius 3 is 2.89 bits per heavy atom. The summed E-state index contributed by atoms with van der Waals surface area (Å²) in [7, 11) is -0.789. The molecule has 2 aromatic heterocycles. The number of aromatic nitrogens is 3. The summed E-state index contributed by atoms with van der Waals surface area (Å²) in [6.07, 6.45) is 5.69. The van der Waals surface area contributed by atoms with Crippen molar-refractivity contribution in [3.63, 3.8) is 0 Å². The van der Waals surface area contributed by atoms with E-state index in [1.807, 2.05) is 30.2 Å². The van der Waals surface area contributed by atoms with E-state index in [-0.39, 0.29) is 12.2 Å². The Hall–Kier alpha value is -1.80. The van der Waals surface area contributed by atoms with E-state index in [2.05, 4.69) is 16.7 Å². The van der Waals surface area contributed by atoms with Crippen LogP contribution in [0.2, 0.25) is 5.15 Å². The van der Waals surface area contributed by atoms with Gasteiger partial charge in [0.2, 0.25) is 0 Å². The van der Waals surface area contributed by atoms with Crippen molar-refractivity contribution >= 4 is 28.0 Å². The van der Waals surface area contributed by atoms with Crippen molar-refractivity contribution in [2.24, 2.45) is 5.92 Å². The first kappa shape index (κ1) is 19.9. The molecule has 0 radical (unpaired) electrons. The fourth-order valence-corrected chi connectivity index (χ4v) is 4.59. The first-order chi connectivity index (χ1) is 12.8. The molecule has 2 heterocycles. The molecule has 1 saturated carbocycles. The zero-order valence-electron chi connectivity index (χ0n) is 15.0. The van der Waals surface area contributed by atoms with Crippen molar-refractivity contribution in [2.75, 3.05) is 23.0 Å². The Bertz CT molecular complexity index is 840. The number of hydrogen-bond donors (Lipinski definition) is 1. The summed E-state index contributed by atoms with van der Waals surface area (Å²) in [4.78, 5) is 6.03. The summed E-state index contributed by atoms with van der Waals surface area (Å²) < 4.78 is 35.7. The van der Waals surface area contributed by atoms with Crippen molar-refractivity contribution in [2.45, 2.75) is 25.7 Å². The van der Waals surface area contributed by atoms with Gasteiger partial charge in [-0.1, -0.05) is 18.2 Å². The van der Waals surface area contributed by atoms with Crippen molar-refractivity contribution in [3.8, 4) is 5.69 Å². The molecule has 0 aromatic carbocycles. The third-order valence-corrected chi connectivity index (χ3v) is 6.32. The molecule has 0 spiro atoms. The maximum atomic E-state index is 13.0. The topological polar surface area (TPSA) is 57.8 Å². The number of halogens is 3. The molecular weight excluding hydrogens is 392 g/mol. The highest BCUT2D eigenvalue weighted by Gasteiger charge is 2.56. The molecule has 0 saturated heterocycles. The standard InChI is InChI=1S/C18H22ClF2N5S/c1-3-25(13(2)6-8-27(22)12-14-9-18(14,20)21)16-11-26(24-17(16)19)15-5-4-7-23-10-15/h4-5,7,10-11,14,22H,2-3,6,8-9,12H2,1H3. The second-order valence-corrected chi connectivity index (χ2v) is 8.63. The largest absolute Gasteiger partial charge is 0.342 e. The SMILES string of the molecule is C=C(CCS(=N)CC1CC1(F)F)N(CC)c1cn(-c2cccnc2)nc1Cl. The van der Waals surface area contributed by atoms with Crippen LogP contribution in [0.1, 0.15) is 19.8 Å². The molecular formula is C18H22ClF2N5S. The van der Waals surface area contributed by atoms with E-state index in [1.165, 1.54) is 0 Å². The van der Waals surface area contributed by atoms with Crippen molar-refractivity contribution in [1.82, 2.24) is 14.8 Å². The summed E-state index contributed by atoms with van der Waals surface area (Å²) in [5.74, 6) is -2.36. The molecule has 2 atom stereocenters. The highest BCUT2D eigenvalue weighted by molar-refractivity contribution is 7.86. The number of alkyl halides is 2. The molecule has 1 N–H and O–H groups in total. The molecule has 1 aliphatic rings. The average molecular weight is 414 g/mol. The number of nitrogens with zero attached hydrogens (tertiary/aromatic N) is 4. The fraction of sp³-hybridized carbons (Fsp3) is 0.444. The van der Waals surface area contributed by atoms with E-state index in [4.69, 9.17) is 16.4 Å². The zero-order valence-corrected chi connectivity index (χ0v) is 16.6. The normalized spacial score (nSPS) is 18.9. The molecule has 9 heteroatoms. The van der Waals surface area contributed by atoms with Gasteiger partial charge in [0.05, 0.1) is 23.8 Å². The first-order valence-electron chi connectivity index (χ1n) is 8.69. The third-order valence-electron chi connectivity index (χ3n) is 4.55. The van der Waals surface area contributed by atoms with Crippen LogP contribution in [-0.2, 0) is 10.7 Å². The lowest BCUT2D eigenvalue weighted by molar-refractivity contribution is 0.103. The Morgan fingerprint density at radius 1 is 1.56 bits per heavy atom. The Balaban J connectivity index is 1.63. The van der Waals surface area contributed by atoms with Crippen molar-refractivity contribution in [1.29, 1.82) is 4.78 Å². The molecule has 2 aromatic rings. The number of rotatable bonds is 9. The number of anilines is 1. The van der Waals surface area contributed by atoms with Gasteiger partial charge in [0.25, 0.3) is 5.92 Å². The number of allylic oxidation sites excluding steroid dienone is 1. The van der Waals surface area contributed by atoms with Crippen LogP contribution in [0.4, 0.5) is 14.5 Å². The van der Waals surface area contributed by atoms with Crippen molar-refractivity contribution in [3.05, 3.63) is 48.2 Å². The van der Waals surface area contributed by atoms with Gasteiger partial charge in [-0.15, -0.1) is 10.7 Å². The Labute approximate surface area is 164 Å². The maximum Gasteiger partial charge on any atom is 0.252 e. The minimum absolute atomic E-state index is 0.0689. The quantitative estimate of drug-likeness (QED) is 0.649. The minimum Gasteiger partial charge on any atom is -0.342 e. The van der Waals surface area contributed by atoms with Gasteiger partial charge >= 0.3 is 0 Å². The zero-order chi connectivity index (χ0) is 19.6. The molecule has 0 aliphatic heterocycles.